The van der Waals surface area contributed by atoms with E-state index in [0.29, 0.717) is 12.1 Å². The van der Waals surface area contributed by atoms with Gasteiger partial charge in [0.25, 0.3) is 0 Å². The molecule has 18 heavy (non-hydrogen) atoms. The van der Waals surface area contributed by atoms with Crippen LogP contribution in [0.2, 0.25) is 0 Å². The molecule has 4 nitrogen and oxygen atoms in total. The highest BCUT2D eigenvalue weighted by molar-refractivity contribution is 4.99. The Morgan fingerprint density at radius 3 is 3.00 bits per heavy atom. The smallest absolute Gasteiger partial charge is 0.0951 e. The van der Waals surface area contributed by atoms with Crippen LogP contribution in [0.1, 0.15) is 44.8 Å². The van der Waals surface area contributed by atoms with Crippen molar-refractivity contribution in [3.63, 3.8) is 0 Å². The maximum Gasteiger partial charge on any atom is 0.0951 e. The fraction of sp³-hybridized carbons (Fsp3) is 0.786. The maximum absolute atomic E-state index is 4.24. The molecule has 1 aliphatic heterocycles. The molecule has 1 unspecified atom stereocenters. The zero-order chi connectivity index (χ0) is 13.0. The molecule has 1 atom stereocenters. The molecule has 2 rings (SSSR count). The second-order valence-corrected chi connectivity index (χ2v) is 5.65. The molecule has 1 fully saturated rings. The van der Waals surface area contributed by atoms with Crippen LogP contribution in [-0.4, -0.2) is 40.6 Å². The average molecular weight is 250 g/mol. The van der Waals surface area contributed by atoms with Crippen LogP contribution in [-0.2, 0) is 6.54 Å². The lowest BCUT2D eigenvalue weighted by atomic mass is 10.0. The van der Waals surface area contributed by atoms with E-state index in [1.54, 1.807) is 0 Å². The minimum atomic E-state index is 0.488. The normalized spacial score (nSPS) is 21.7. The number of hydrogen-bond acceptors (Lipinski definition) is 3. The zero-order valence-electron chi connectivity index (χ0n) is 11.9. The molecular formula is C14H26N4. The third-order valence-electron chi connectivity index (χ3n) is 3.91. The van der Waals surface area contributed by atoms with Crippen LogP contribution in [0.3, 0.4) is 0 Å². The first kappa shape index (κ1) is 13.6. The van der Waals surface area contributed by atoms with Gasteiger partial charge in [0.2, 0.25) is 0 Å². The molecule has 1 aromatic rings. The highest BCUT2D eigenvalue weighted by atomic mass is 15.2. The fourth-order valence-electron chi connectivity index (χ4n) is 2.70. The predicted molar refractivity (Wildman–Crippen MR) is 74.6 cm³/mol. The topological polar surface area (TPSA) is 33.1 Å². The Balaban J connectivity index is 1.79. The first-order valence-corrected chi connectivity index (χ1v) is 7.10. The third kappa shape index (κ3) is 3.33. The number of hydrogen-bond donors (Lipinski definition) is 1. The molecule has 0 radical (unpaired) electrons. The molecule has 0 aromatic carbocycles. The zero-order valence-corrected chi connectivity index (χ0v) is 11.9. The number of aromatic nitrogens is 2. The molecular weight excluding hydrogens is 224 g/mol. The molecule has 1 aliphatic rings. The van der Waals surface area contributed by atoms with Gasteiger partial charge in [-0.25, -0.2) is 4.98 Å². The number of nitrogens with one attached hydrogen (secondary N) is 1. The standard InChI is InChI=1S/C14H26N4/c1-12(2)18-11-16-10-14(18)9-15-8-13-6-4-5-7-17(13)3/h10-13,15H,4-9H2,1-3H3. The molecule has 0 aliphatic carbocycles. The molecule has 1 saturated heterocycles. The molecule has 102 valence electrons. The van der Waals surface area contributed by atoms with Crippen LogP contribution in [0.4, 0.5) is 0 Å². The molecule has 0 saturated carbocycles. The van der Waals surface area contributed by atoms with Gasteiger partial charge in [-0.3, -0.25) is 0 Å². The molecule has 2 heterocycles. The summed E-state index contributed by atoms with van der Waals surface area (Å²) in [6.45, 7) is 7.64. The third-order valence-corrected chi connectivity index (χ3v) is 3.91. The van der Waals surface area contributed by atoms with Crippen molar-refractivity contribution < 1.29 is 0 Å². The Morgan fingerprint density at radius 2 is 2.28 bits per heavy atom. The lowest BCUT2D eigenvalue weighted by Crippen LogP contribution is -2.43. The number of likely N-dealkylation sites (tertiary alicyclic amines) is 1. The summed E-state index contributed by atoms with van der Waals surface area (Å²) in [5.74, 6) is 0. The summed E-state index contributed by atoms with van der Waals surface area (Å²) >= 11 is 0. The van der Waals surface area contributed by atoms with Crippen LogP contribution in [0.15, 0.2) is 12.5 Å². The van der Waals surface area contributed by atoms with Crippen molar-refractivity contribution in [1.29, 1.82) is 0 Å². The molecule has 1 aromatic heterocycles. The number of piperidine rings is 1. The van der Waals surface area contributed by atoms with Crippen molar-refractivity contribution >= 4 is 0 Å². The molecule has 0 spiro atoms. The van der Waals surface area contributed by atoms with Gasteiger partial charge in [0.1, 0.15) is 0 Å². The van der Waals surface area contributed by atoms with Crippen LogP contribution < -0.4 is 5.32 Å². The van der Waals surface area contributed by atoms with E-state index >= 15 is 0 Å². The molecule has 1 N–H and O–H groups in total. The van der Waals surface area contributed by atoms with Crippen LogP contribution in [0.5, 0.6) is 0 Å². The van der Waals surface area contributed by atoms with E-state index in [2.05, 4.69) is 40.7 Å². The van der Waals surface area contributed by atoms with E-state index in [9.17, 15) is 0 Å². The van der Waals surface area contributed by atoms with Gasteiger partial charge in [0, 0.05) is 31.4 Å². The summed E-state index contributed by atoms with van der Waals surface area (Å²) in [4.78, 5) is 6.72. The fourth-order valence-corrected chi connectivity index (χ4v) is 2.70. The van der Waals surface area contributed by atoms with Gasteiger partial charge in [0.15, 0.2) is 0 Å². The van der Waals surface area contributed by atoms with Crippen LogP contribution in [0, 0.1) is 0 Å². The SMILES string of the molecule is CC(C)n1cncc1CNCC1CCCCN1C. The van der Waals surface area contributed by atoms with Gasteiger partial charge >= 0.3 is 0 Å². The monoisotopic (exact) mass is 250 g/mol. The van der Waals surface area contributed by atoms with Gasteiger partial charge in [-0.05, 0) is 40.3 Å². The second-order valence-electron chi connectivity index (χ2n) is 5.65. The lowest BCUT2D eigenvalue weighted by Gasteiger charge is -2.32. The van der Waals surface area contributed by atoms with Crippen LogP contribution >= 0.6 is 0 Å². The van der Waals surface area contributed by atoms with Crippen molar-refractivity contribution in [2.75, 3.05) is 20.1 Å². The van der Waals surface area contributed by atoms with Crippen molar-refractivity contribution in [2.24, 2.45) is 0 Å². The van der Waals surface area contributed by atoms with Crippen LogP contribution in [0.25, 0.3) is 0 Å². The van der Waals surface area contributed by atoms with Gasteiger partial charge in [-0.1, -0.05) is 6.42 Å². The first-order valence-electron chi connectivity index (χ1n) is 7.10. The summed E-state index contributed by atoms with van der Waals surface area (Å²) in [5, 5.41) is 3.58. The van der Waals surface area contributed by atoms with Crippen molar-refractivity contribution in [3.8, 4) is 0 Å². The minimum Gasteiger partial charge on any atom is -0.331 e. The van der Waals surface area contributed by atoms with Gasteiger partial charge < -0.3 is 14.8 Å². The Kier molecular flexibility index (Phi) is 4.78. The summed E-state index contributed by atoms with van der Waals surface area (Å²) < 4.78 is 2.23. The molecule has 0 amide bonds. The number of imidazole rings is 1. The maximum atomic E-state index is 4.24. The van der Waals surface area contributed by atoms with E-state index in [0.717, 1.165) is 13.1 Å². The Morgan fingerprint density at radius 1 is 1.44 bits per heavy atom. The number of rotatable bonds is 5. The van der Waals surface area contributed by atoms with E-state index in [4.69, 9.17) is 0 Å². The van der Waals surface area contributed by atoms with Crippen molar-refractivity contribution in [1.82, 2.24) is 19.8 Å². The Labute approximate surface area is 110 Å². The molecule has 0 bridgehead atoms. The summed E-state index contributed by atoms with van der Waals surface area (Å²) in [5.41, 5.74) is 1.28. The first-order chi connectivity index (χ1) is 8.68. The van der Waals surface area contributed by atoms with E-state index < -0.39 is 0 Å². The van der Waals surface area contributed by atoms with Gasteiger partial charge in [-0.2, -0.15) is 0 Å². The lowest BCUT2D eigenvalue weighted by molar-refractivity contribution is 0.181. The molecule has 4 heteroatoms. The van der Waals surface area contributed by atoms with Gasteiger partial charge in [0.05, 0.1) is 12.0 Å². The largest absolute Gasteiger partial charge is 0.331 e. The second kappa shape index (κ2) is 6.34. The van der Waals surface area contributed by atoms with E-state index in [1.807, 2.05) is 12.5 Å². The average Bonchev–Trinajstić information content (AvgIpc) is 2.80. The highest BCUT2D eigenvalue weighted by Crippen LogP contribution is 2.14. The number of nitrogens with zero attached hydrogens (tertiary/aromatic N) is 3. The van der Waals surface area contributed by atoms with E-state index in [1.165, 1.54) is 31.5 Å². The Hall–Kier alpha value is -0.870. The Bertz CT molecular complexity index is 358. The van der Waals surface area contributed by atoms with Crippen molar-refractivity contribution in [3.05, 3.63) is 18.2 Å². The summed E-state index contributed by atoms with van der Waals surface area (Å²) in [7, 11) is 2.24. The van der Waals surface area contributed by atoms with E-state index in [-0.39, 0.29) is 0 Å². The predicted octanol–water partition coefficient (Wildman–Crippen LogP) is 2.04. The minimum absolute atomic E-state index is 0.488. The summed E-state index contributed by atoms with van der Waals surface area (Å²) in [6.07, 6.45) is 7.95. The van der Waals surface area contributed by atoms with Crippen molar-refractivity contribution in [2.45, 2.75) is 51.7 Å². The van der Waals surface area contributed by atoms with Gasteiger partial charge in [-0.15, -0.1) is 0 Å². The highest BCUT2D eigenvalue weighted by Gasteiger charge is 2.18. The number of likely N-dealkylation sites (N-methyl/N-ethyl adjacent to an activating group) is 1. The quantitative estimate of drug-likeness (QED) is 0.868. The summed E-state index contributed by atoms with van der Waals surface area (Å²) in [6, 6.07) is 1.19.